The van der Waals surface area contributed by atoms with E-state index in [-0.39, 0.29) is 17.5 Å². The summed E-state index contributed by atoms with van der Waals surface area (Å²) in [6, 6.07) is 20.8. The maximum absolute atomic E-state index is 13.5. The largest absolute Gasteiger partial charge is 0.465 e. The summed E-state index contributed by atoms with van der Waals surface area (Å²) >= 11 is 2.50. The van der Waals surface area contributed by atoms with E-state index in [0.717, 1.165) is 10.4 Å². The van der Waals surface area contributed by atoms with Crippen molar-refractivity contribution in [3.63, 3.8) is 0 Å². The smallest absolute Gasteiger partial charge is 0.341 e. The Bertz CT molecular complexity index is 1930. The predicted molar refractivity (Wildman–Crippen MR) is 188 cm³/mol. The summed E-state index contributed by atoms with van der Waals surface area (Å²) in [5.74, 6) is -2.51. The molecular formula is C36H33FN4O6S2. The Morgan fingerprint density at radius 1 is 0.980 bits per heavy atom. The molecule has 1 unspecified atom stereocenters. The number of hydrogen-bond acceptors (Lipinski definition) is 8. The summed E-state index contributed by atoms with van der Waals surface area (Å²) in [7, 11) is 1.28. The van der Waals surface area contributed by atoms with Crippen LogP contribution in [-0.2, 0) is 32.1 Å². The molecule has 1 aliphatic rings. The molecule has 10 nitrogen and oxygen atoms in total. The zero-order valence-electron chi connectivity index (χ0n) is 26.9. The Morgan fingerprint density at radius 2 is 1.71 bits per heavy atom. The van der Waals surface area contributed by atoms with E-state index in [4.69, 9.17) is 4.74 Å². The van der Waals surface area contributed by atoms with Gasteiger partial charge in [0.1, 0.15) is 16.5 Å². The van der Waals surface area contributed by atoms with Crippen molar-refractivity contribution < 1.29 is 33.1 Å². The van der Waals surface area contributed by atoms with E-state index in [0.29, 0.717) is 51.8 Å². The van der Waals surface area contributed by atoms with Crippen LogP contribution in [0.15, 0.2) is 89.5 Å². The normalized spacial score (nSPS) is 13.1. The van der Waals surface area contributed by atoms with Crippen LogP contribution in [0.1, 0.15) is 50.6 Å². The number of carbonyl (C=O) groups is 5. The molecule has 13 heteroatoms. The fourth-order valence-electron chi connectivity index (χ4n) is 5.06. The van der Waals surface area contributed by atoms with Crippen molar-refractivity contribution in [1.29, 1.82) is 0 Å². The van der Waals surface area contributed by atoms with E-state index >= 15 is 0 Å². The second-order valence-corrected chi connectivity index (χ2v) is 13.6. The van der Waals surface area contributed by atoms with E-state index in [9.17, 15) is 28.4 Å². The van der Waals surface area contributed by atoms with Crippen molar-refractivity contribution in [3.05, 3.63) is 118 Å². The summed E-state index contributed by atoms with van der Waals surface area (Å²) in [5.41, 5.74) is 2.30. The number of esters is 1. The van der Waals surface area contributed by atoms with Crippen LogP contribution in [0.5, 0.6) is 0 Å². The number of rotatable bonds is 10. The number of ether oxygens (including phenoxy) is 1. The van der Waals surface area contributed by atoms with Gasteiger partial charge in [-0.25, -0.2) is 9.18 Å². The fraction of sp³-hybridized carbons (Fsp3) is 0.194. The summed E-state index contributed by atoms with van der Waals surface area (Å²) in [6.07, 6.45) is 1.93. The van der Waals surface area contributed by atoms with E-state index in [2.05, 4.69) is 16.0 Å². The lowest BCUT2D eigenvalue weighted by Gasteiger charge is -2.25. The first-order valence-corrected chi connectivity index (χ1v) is 16.9. The maximum atomic E-state index is 13.5. The average Bonchev–Trinajstić information content (AvgIpc) is 3.45. The van der Waals surface area contributed by atoms with Crippen LogP contribution in [0, 0.1) is 5.82 Å². The second-order valence-electron chi connectivity index (χ2n) is 11.1. The monoisotopic (exact) mass is 700 g/mol. The van der Waals surface area contributed by atoms with Gasteiger partial charge in [-0.1, -0.05) is 36.4 Å². The highest BCUT2D eigenvalue weighted by Crippen LogP contribution is 2.38. The van der Waals surface area contributed by atoms with Gasteiger partial charge in [-0.2, -0.15) is 0 Å². The van der Waals surface area contributed by atoms with Gasteiger partial charge in [0.15, 0.2) is 0 Å². The molecule has 2 heterocycles. The molecule has 0 spiro atoms. The topological polar surface area (TPSA) is 134 Å². The fourth-order valence-corrected chi connectivity index (χ4v) is 7.24. The van der Waals surface area contributed by atoms with Gasteiger partial charge < -0.3 is 25.6 Å². The molecule has 1 aromatic heterocycles. The Labute approximate surface area is 290 Å². The van der Waals surface area contributed by atoms with Gasteiger partial charge in [0.25, 0.3) is 11.8 Å². The highest BCUT2D eigenvalue weighted by molar-refractivity contribution is 8.00. The number of nitrogens with zero attached hydrogens (tertiary/aromatic N) is 1. The van der Waals surface area contributed by atoms with Crippen LogP contribution in [0.4, 0.5) is 15.1 Å². The van der Waals surface area contributed by atoms with E-state index in [1.165, 1.54) is 67.5 Å². The highest BCUT2D eigenvalue weighted by Gasteiger charge is 2.31. The van der Waals surface area contributed by atoms with Crippen molar-refractivity contribution in [1.82, 2.24) is 10.2 Å². The molecule has 3 aromatic carbocycles. The van der Waals surface area contributed by atoms with Crippen molar-refractivity contribution in [3.8, 4) is 0 Å². The summed E-state index contributed by atoms with van der Waals surface area (Å²) in [5, 5.41) is 8.09. The Morgan fingerprint density at radius 3 is 2.41 bits per heavy atom. The molecule has 3 N–H and O–H groups in total. The lowest BCUT2D eigenvalue weighted by Crippen LogP contribution is -2.33. The summed E-state index contributed by atoms with van der Waals surface area (Å²) < 4.78 is 18.5. The second kappa shape index (κ2) is 15.8. The van der Waals surface area contributed by atoms with Gasteiger partial charge >= 0.3 is 5.97 Å². The molecule has 0 bridgehead atoms. The zero-order valence-corrected chi connectivity index (χ0v) is 28.5. The molecule has 0 fully saturated rings. The molecule has 5 rings (SSSR count). The van der Waals surface area contributed by atoms with Crippen molar-refractivity contribution >= 4 is 69.5 Å². The molecule has 0 saturated heterocycles. The molecule has 4 aromatic rings. The number of halogens is 1. The lowest BCUT2D eigenvalue weighted by atomic mass is 10.0. The third-order valence-corrected chi connectivity index (χ3v) is 9.84. The van der Waals surface area contributed by atoms with Crippen molar-refractivity contribution in [2.75, 3.05) is 24.3 Å². The van der Waals surface area contributed by atoms with Crippen molar-refractivity contribution in [2.24, 2.45) is 0 Å². The molecule has 0 radical (unpaired) electrons. The first kappa shape index (κ1) is 35.0. The summed E-state index contributed by atoms with van der Waals surface area (Å²) in [6.45, 7) is 4.04. The molecule has 0 aliphatic carbocycles. The Hall–Kier alpha value is -5.27. The first-order chi connectivity index (χ1) is 23.5. The molecule has 4 amide bonds. The van der Waals surface area contributed by atoms with Gasteiger partial charge in [0, 0.05) is 34.5 Å². The molecular weight excluding hydrogens is 668 g/mol. The van der Waals surface area contributed by atoms with Gasteiger partial charge in [-0.3, -0.25) is 19.2 Å². The lowest BCUT2D eigenvalue weighted by molar-refractivity contribution is -0.129. The third kappa shape index (κ3) is 8.80. The molecule has 252 valence electrons. The van der Waals surface area contributed by atoms with Gasteiger partial charge in [0.05, 0.1) is 24.5 Å². The van der Waals surface area contributed by atoms with E-state index in [1.54, 1.807) is 66.4 Å². The van der Waals surface area contributed by atoms with Crippen LogP contribution in [0.2, 0.25) is 0 Å². The van der Waals surface area contributed by atoms with E-state index in [1.807, 2.05) is 0 Å². The van der Waals surface area contributed by atoms with E-state index < -0.39 is 28.9 Å². The average molecular weight is 701 g/mol. The third-order valence-electron chi connectivity index (χ3n) is 7.61. The highest BCUT2D eigenvalue weighted by atomic mass is 32.2. The standard InChI is InChI=1S/C36H33FN4O6S2/c1-21(32(43)40-35-31(36(46)47-3)28-16-17-41(22(2)42)20-30(28)49-35)48-27-11-7-10-26(19-27)38-34(45)29(18-23-12-14-25(37)15-13-23)39-33(44)24-8-5-4-6-9-24/h4-15,18-19,21H,16-17,20H2,1-3H3,(H,38,45)(H,39,44)(H,40,43)/b29-18-. The number of methoxy groups -OCH3 is 1. The number of fused-ring (bicyclic) bond motifs is 1. The minimum Gasteiger partial charge on any atom is -0.465 e. The van der Waals surface area contributed by atoms with Crippen LogP contribution in [-0.4, -0.2) is 53.4 Å². The number of thiophene rings is 1. The number of amides is 4. The Kier molecular flexibility index (Phi) is 11.3. The van der Waals surface area contributed by atoms with Crippen molar-refractivity contribution in [2.45, 2.75) is 37.0 Å². The van der Waals surface area contributed by atoms with Crippen LogP contribution in [0.25, 0.3) is 6.08 Å². The number of nitrogens with one attached hydrogen (secondary N) is 3. The van der Waals surface area contributed by atoms with Crippen LogP contribution < -0.4 is 16.0 Å². The number of benzene rings is 3. The quantitative estimate of drug-likeness (QED) is 0.103. The molecule has 1 aliphatic heterocycles. The number of thioether (sulfide) groups is 1. The maximum Gasteiger partial charge on any atom is 0.341 e. The zero-order chi connectivity index (χ0) is 35.1. The number of carbonyl (C=O) groups excluding carboxylic acids is 5. The van der Waals surface area contributed by atoms with Gasteiger partial charge in [-0.05, 0) is 73.0 Å². The number of anilines is 2. The van der Waals surface area contributed by atoms with Crippen LogP contribution in [0.3, 0.4) is 0 Å². The van der Waals surface area contributed by atoms with Gasteiger partial charge in [0.2, 0.25) is 11.8 Å². The molecule has 1 atom stereocenters. The SMILES string of the molecule is COC(=O)c1c(NC(=O)C(C)Sc2cccc(NC(=O)/C(=C/c3ccc(F)cc3)NC(=O)c3ccccc3)c2)sc2c1CCN(C(C)=O)C2. The molecule has 49 heavy (non-hydrogen) atoms. The number of hydrogen-bond donors (Lipinski definition) is 3. The Balaban J connectivity index is 1.29. The minimum atomic E-state index is -0.609. The molecule has 0 saturated carbocycles. The first-order valence-electron chi connectivity index (χ1n) is 15.2. The van der Waals surface area contributed by atoms with Crippen LogP contribution >= 0.6 is 23.1 Å². The minimum absolute atomic E-state index is 0.0576. The summed E-state index contributed by atoms with van der Waals surface area (Å²) in [4.78, 5) is 67.6. The predicted octanol–water partition coefficient (Wildman–Crippen LogP) is 6.11. The van der Waals surface area contributed by atoms with Gasteiger partial charge in [-0.15, -0.1) is 23.1 Å².